The summed E-state index contributed by atoms with van der Waals surface area (Å²) < 4.78 is 5.02. The van der Waals surface area contributed by atoms with E-state index < -0.39 is 0 Å². The molecule has 1 N–H and O–H groups in total. The van der Waals surface area contributed by atoms with Crippen molar-refractivity contribution < 1.29 is 4.74 Å². The summed E-state index contributed by atoms with van der Waals surface area (Å²) >= 11 is 0. The maximum absolute atomic E-state index is 5.02. The van der Waals surface area contributed by atoms with Crippen molar-refractivity contribution in [2.45, 2.75) is 38.9 Å². The summed E-state index contributed by atoms with van der Waals surface area (Å²) in [5.41, 5.74) is 1.00. The molecule has 5 nitrogen and oxygen atoms in total. The fourth-order valence-corrected chi connectivity index (χ4v) is 2.38. The fraction of sp³-hybridized carbons (Fsp3) is 0.692. The molecule has 0 aromatic carbocycles. The van der Waals surface area contributed by atoms with Crippen molar-refractivity contribution in [2.75, 3.05) is 20.2 Å². The molecule has 0 saturated carbocycles. The Morgan fingerprint density at radius 2 is 2.28 bits per heavy atom. The lowest BCUT2D eigenvalue weighted by molar-refractivity contribution is 0.122. The summed E-state index contributed by atoms with van der Waals surface area (Å²) in [7, 11) is 1.61. The van der Waals surface area contributed by atoms with E-state index in [0.29, 0.717) is 18.0 Å². The van der Waals surface area contributed by atoms with E-state index in [-0.39, 0.29) is 0 Å². The standard InChI is InChI=1S/C13H22N4O/c1-4-12-7-14-10(2)8-17(12)9-11-5-6-13(18-3)16-15-11/h5-6,10,12,14H,4,7-9H2,1-3H3. The smallest absolute Gasteiger partial charge is 0.233 e. The van der Waals surface area contributed by atoms with Crippen LogP contribution in [0, 0.1) is 0 Å². The van der Waals surface area contributed by atoms with Crippen LogP contribution in [0.25, 0.3) is 0 Å². The third kappa shape index (κ3) is 3.17. The van der Waals surface area contributed by atoms with E-state index in [1.807, 2.05) is 12.1 Å². The molecule has 0 amide bonds. The Balaban J connectivity index is 2.01. The van der Waals surface area contributed by atoms with Crippen LogP contribution in [0.5, 0.6) is 5.88 Å². The number of hydrogen-bond donors (Lipinski definition) is 1. The van der Waals surface area contributed by atoms with Crippen LogP contribution in [0.15, 0.2) is 12.1 Å². The van der Waals surface area contributed by atoms with Crippen molar-refractivity contribution in [1.29, 1.82) is 0 Å². The van der Waals surface area contributed by atoms with Crippen LogP contribution in [-0.4, -0.2) is 47.4 Å². The molecule has 2 atom stereocenters. The predicted molar refractivity (Wildman–Crippen MR) is 70.5 cm³/mol. The van der Waals surface area contributed by atoms with Crippen LogP contribution in [0.2, 0.25) is 0 Å². The third-order valence-corrected chi connectivity index (χ3v) is 3.47. The molecule has 1 saturated heterocycles. The van der Waals surface area contributed by atoms with Crippen molar-refractivity contribution in [1.82, 2.24) is 20.4 Å². The van der Waals surface area contributed by atoms with E-state index in [1.165, 1.54) is 0 Å². The molecule has 18 heavy (non-hydrogen) atoms. The van der Waals surface area contributed by atoms with E-state index in [9.17, 15) is 0 Å². The molecule has 1 aliphatic heterocycles. The number of nitrogens with zero attached hydrogens (tertiary/aromatic N) is 3. The first-order valence-electron chi connectivity index (χ1n) is 6.57. The molecule has 1 fully saturated rings. The summed E-state index contributed by atoms with van der Waals surface area (Å²) in [4.78, 5) is 2.48. The van der Waals surface area contributed by atoms with Gasteiger partial charge in [0.25, 0.3) is 0 Å². The second-order valence-electron chi connectivity index (χ2n) is 4.87. The topological polar surface area (TPSA) is 50.3 Å². The highest BCUT2D eigenvalue weighted by Crippen LogP contribution is 2.14. The van der Waals surface area contributed by atoms with Gasteiger partial charge in [-0.1, -0.05) is 6.92 Å². The zero-order chi connectivity index (χ0) is 13.0. The highest BCUT2D eigenvalue weighted by atomic mass is 16.5. The largest absolute Gasteiger partial charge is 0.480 e. The average molecular weight is 250 g/mol. The van der Waals surface area contributed by atoms with Crippen molar-refractivity contribution >= 4 is 0 Å². The zero-order valence-electron chi connectivity index (χ0n) is 11.4. The molecule has 2 heterocycles. The predicted octanol–water partition coefficient (Wildman–Crippen LogP) is 1.06. The highest BCUT2D eigenvalue weighted by molar-refractivity contribution is 5.11. The molecule has 0 aliphatic carbocycles. The van der Waals surface area contributed by atoms with Gasteiger partial charge in [0.05, 0.1) is 12.8 Å². The van der Waals surface area contributed by atoms with Gasteiger partial charge in [-0.05, 0) is 19.4 Å². The van der Waals surface area contributed by atoms with Gasteiger partial charge in [-0.3, -0.25) is 4.90 Å². The minimum Gasteiger partial charge on any atom is -0.480 e. The van der Waals surface area contributed by atoms with Gasteiger partial charge in [-0.15, -0.1) is 5.10 Å². The second-order valence-corrected chi connectivity index (χ2v) is 4.87. The number of ether oxygens (including phenoxy) is 1. The molecule has 0 spiro atoms. The molecule has 0 radical (unpaired) electrons. The molecular formula is C13H22N4O. The van der Waals surface area contributed by atoms with Gasteiger partial charge in [-0.25, -0.2) is 0 Å². The summed E-state index contributed by atoms with van der Waals surface area (Å²) in [6.07, 6.45) is 1.16. The Kier molecular flexibility index (Phi) is 4.49. The van der Waals surface area contributed by atoms with Crippen molar-refractivity contribution in [3.63, 3.8) is 0 Å². The number of nitrogens with one attached hydrogen (secondary N) is 1. The molecule has 5 heteroatoms. The molecule has 1 aliphatic rings. The van der Waals surface area contributed by atoms with Gasteiger partial charge in [-0.2, -0.15) is 5.10 Å². The first-order chi connectivity index (χ1) is 8.72. The zero-order valence-corrected chi connectivity index (χ0v) is 11.4. The molecule has 2 unspecified atom stereocenters. The van der Waals surface area contributed by atoms with Crippen LogP contribution in [0.1, 0.15) is 26.0 Å². The van der Waals surface area contributed by atoms with Crippen LogP contribution >= 0.6 is 0 Å². The Hall–Kier alpha value is -1.20. The summed E-state index contributed by atoms with van der Waals surface area (Å²) in [6, 6.07) is 4.99. The summed E-state index contributed by atoms with van der Waals surface area (Å²) in [5, 5.41) is 11.7. The number of rotatable bonds is 4. The van der Waals surface area contributed by atoms with Gasteiger partial charge in [0.2, 0.25) is 5.88 Å². The normalized spacial score (nSPS) is 25.1. The Morgan fingerprint density at radius 1 is 1.44 bits per heavy atom. The summed E-state index contributed by atoms with van der Waals surface area (Å²) in [5.74, 6) is 0.569. The maximum atomic E-state index is 5.02. The first kappa shape index (κ1) is 13.2. The first-order valence-corrected chi connectivity index (χ1v) is 6.57. The van der Waals surface area contributed by atoms with E-state index in [4.69, 9.17) is 4.74 Å². The molecular weight excluding hydrogens is 228 g/mol. The highest BCUT2D eigenvalue weighted by Gasteiger charge is 2.24. The Morgan fingerprint density at radius 3 is 2.89 bits per heavy atom. The van der Waals surface area contributed by atoms with E-state index >= 15 is 0 Å². The van der Waals surface area contributed by atoms with Crippen LogP contribution in [-0.2, 0) is 6.54 Å². The van der Waals surface area contributed by atoms with Gasteiger partial charge in [0.1, 0.15) is 0 Å². The van der Waals surface area contributed by atoms with Crippen molar-refractivity contribution in [2.24, 2.45) is 0 Å². The number of methoxy groups -OCH3 is 1. The van der Waals surface area contributed by atoms with E-state index in [1.54, 1.807) is 7.11 Å². The number of hydrogen-bond acceptors (Lipinski definition) is 5. The molecule has 100 valence electrons. The van der Waals surface area contributed by atoms with E-state index in [0.717, 1.165) is 31.7 Å². The minimum absolute atomic E-state index is 0.541. The number of aromatic nitrogens is 2. The quantitative estimate of drug-likeness (QED) is 0.866. The van der Waals surface area contributed by atoms with Gasteiger partial charge in [0, 0.05) is 37.8 Å². The lowest BCUT2D eigenvalue weighted by atomic mass is 10.1. The SMILES string of the molecule is CCC1CNC(C)CN1Cc1ccc(OC)nn1. The van der Waals surface area contributed by atoms with Gasteiger partial charge in [0.15, 0.2) is 0 Å². The Labute approximate surface area is 109 Å². The third-order valence-electron chi connectivity index (χ3n) is 3.47. The molecule has 0 bridgehead atoms. The monoisotopic (exact) mass is 250 g/mol. The summed E-state index contributed by atoms with van der Waals surface area (Å²) in [6.45, 7) is 7.43. The molecule has 1 aromatic rings. The second kappa shape index (κ2) is 6.11. The minimum atomic E-state index is 0.541. The van der Waals surface area contributed by atoms with Gasteiger partial charge >= 0.3 is 0 Å². The lowest BCUT2D eigenvalue weighted by Crippen LogP contribution is -2.54. The van der Waals surface area contributed by atoms with Crippen LogP contribution < -0.4 is 10.1 Å². The van der Waals surface area contributed by atoms with Crippen LogP contribution in [0.4, 0.5) is 0 Å². The maximum Gasteiger partial charge on any atom is 0.233 e. The lowest BCUT2D eigenvalue weighted by Gasteiger charge is -2.38. The van der Waals surface area contributed by atoms with Crippen LogP contribution in [0.3, 0.4) is 0 Å². The Bertz CT molecular complexity index is 368. The van der Waals surface area contributed by atoms with Crippen molar-refractivity contribution in [3.05, 3.63) is 17.8 Å². The van der Waals surface area contributed by atoms with Crippen molar-refractivity contribution in [3.8, 4) is 5.88 Å². The fourth-order valence-electron chi connectivity index (χ4n) is 2.38. The van der Waals surface area contributed by atoms with Gasteiger partial charge < -0.3 is 10.1 Å². The molecule has 1 aromatic heterocycles. The molecule has 2 rings (SSSR count). The van der Waals surface area contributed by atoms with E-state index in [2.05, 4.69) is 34.3 Å². The number of piperazine rings is 1. The average Bonchev–Trinajstić information content (AvgIpc) is 2.40.